The van der Waals surface area contributed by atoms with Crippen LogP contribution in [0.4, 0.5) is 5.69 Å². The molecule has 1 aliphatic rings. The number of morpholine rings is 1. The molecule has 0 bridgehead atoms. The van der Waals surface area contributed by atoms with E-state index in [0.29, 0.717) is 5.17 Å². The summed E-state index contributed by atoms with van der Waals surface area (Å²) in [6, 6.07) is 13.6. The van der Waals surface area contributed by atoms with Gasteiger partial charge >= 0.3 is 25.2 Å². The number of amidine groups is 1. The Labute approximate surface area is 177 Å². The first-order chi connectivity index (χ1) is 13.3. The Bertz CT molecular complexity index is 724. The molecule has 147 valence electrons. The Morgan fingerprint density at radius 3 is 2.63 bits per heavy atom. The van der Waals surface area contributed by atoms with Crippen LogP contribution in [0.2, 0.25) is 0 Å². The monoisotopic (exact) mass is 452 g/mol. The maximum absolute atomic E-state index is 5.36. The molecule has 1 saturated heterocycles. The van der Waals surface area contributed by atoms with Crippen LogP contribution in [0.5, 0.6) is 0 Å². The van der Waals surface area contributed by atoms with Crippen molar-refractivity contribution < 1.29 is 19.8 Å². The summed E-state index contributed by atoms with van der Waals surface area (Å²) < 4.78 is 5.36. The maximum atomic E-state index is 5.36. The minimum atomic E-state index is 0.311. The van der Waals surface area contributed by atoms with E-state index < -0.39 is 0 Å². The molecule has 6 nitrogen and oxygen atoms in total. The summed E-state index contributed by atoms with van der Waals surface area (Å²) in [6.07, 6.45) is 3.47. The number of benzene rings is 1. The zero-order valence-electron chi connectivity index (χ0n) is 14.5. The fourth-order valence-corrected chi connectivity index (χ4v) is 2.60. The van der Waals surface area contributed by atoms with Gasteiger partial charge in [-0.2, -0.15) is 10.2 Å². The Balaban J connectivity index is 0.00000126. The van der Waals surface area contributed by atoms with Crippen LogP contribution in [0.15, 0.2) is 58.9 Å². The number of halogens is 1. The summed E-state index contributed by atoms with van der Waals surface area (Å²) in [6.45, 7) is 4.43. The zero-order chi connectivity index (χ0) is 19.3. The van der Waals surface area contributed by atoms with E-state index in [9.17, 15) is 0 Å². The number of ether oxygens (including phenoxy) is 1. The van der Waals surface area contributed by atoms with Crippen molar-refractivity contribution in [3.05, 3.63) is 59.9 Å². The van der Waals surface area contributed by atoms with Crippen LogP contribution >= 0.6 is 10.1 Å². The molecule has 27 heavy (non-hydrogen) atoms. The van der Waals surface area contributed by atoms with Gasteiger partial charge in [0.15, 0.2) is 0 Å². The molecular weight excluding hydrogens is 433 g/mol. The summed E-state index contributed by atoms with van der Waals surface area (Å²) in [5.74, 6) is 0. The third-order valence-electron chi connectivity index (χ3n) is 3.72. The molecule has 3 rings (SSSR count). The van der Waals surface area contributed by atoms with Crippen LogP contribution in [-0.4, -0.2) is 47.6 Å². The molecule has 0 aliphatic carbocycles. The average Bonchev–Trinajstić information content (AvgIpc) is 2.72. The predicted octanol–water partition coefficient (Wildman–Crippen LogP) is 2.95. The Morgan fingerprint density at radius 2 is 1.96 bits per heavy atom. The number of rotatable bonds is 5. The molecule has 9 heteroatoms. The van der Waals surface area contributed by atoms with E-state index in [-0.39, 0.29) is 0 Å². The van der Waals surface area contributed by atoms with Gasteiger partial charge in [0.2, 0.25) is 0 Å². The molecule has 2 aromatic rings. The first-order valence-electron chi connectivity index (χ1n) is 8.26. The van der Waals surface area contributed by atoms with Crippen LogP contribution in [0.1, 0.15) is 11.3 Å². The van der Waals surface area contributed by atoms with Gasteiger partial charge in [-0.05, 0) is 23.8 Å². The quantitative estimate of drug-likeness (QED) is 0.248. The van der Waals surface area contributed by atoms with Gasteiger partial charge in [0.1, 0.15) is 0 Å². The van der Waals surface area contributed by atoms with Crippen molar-refractivity contribution in [2.75, 3.05) is 31.6 Å². The summed E-state index contributed by atoms with van der Waals surface area (Å²) in [7, 11) is 4.20. The summed E-state index contributed by atoms with van der Waals surface area (Å²) in [5, 5.41) is 11.3. The Kier molecular flexibility index (Phi) is 10.3. The van der Waals surface area contributed by atoms with E-state index in [0.717, 1.165) is 44.2 Å². The first-order valence-corrected chi connectivity index (χ1v) is 9.96. The Morgan fingerprint density at radius 1 is 1.22 bits per heavy atom. The van der Waals surface area contributed by atoms with Crippen molar-refractivity contribution in [1.29, 1.82) is 0 Å². The molecule has 2 heterocycles. The fourth-order valence-electron chi connectivity index (χ4n) is 2.43. The number of nitrogens with one attached hydrogen (secondary N) is 1. The number of anilines is 1. The van der Waals surface area contributed by atoms with E-state index in [1.165, 1.54) is 5.56 Å². The van der Waals surface area contributed by atoms with Gasteiger partial charge in [0, 0.05) is 36.7 Å². The van der Waals surface area contributed by atoms with E-state index in [4.69, 9.17) is 17.4 Å². The maximum Gasteiger partial charge on any atom is 0.0831 e. The second kappa shape index (κ2) is 12.8. The molecule has 0 spiro atoms. The van der Waals surface area contributed by atoms with Crippen molar-refractivity contribution >= 4 is 39.8 Å². The van der Waals surface area contributed by atoms with Crippen molar-refractivity contribution in [2.24, 2.45) is 10.2 Å². The smallest absolute Gasteiger partial charge is 0.0831 e. The normalized spacial score (nSPS) is 15.3. The number of hydrogen-bond donors (Lipinski definition) is 1. The summed E-state index contributed by atoms with van der Waals surface area (Å²) >= 11 is 8.80. The van der Waals surface area contributed by atoms with Gasteiger partial charge in [-0.25, -0.2) is 0 Å². The number of aromatic nitrogens is 1. The first kappa shape index (κ1) is 21.8. The minimum Gasteiger partial charge on any atom is -0.741 e. The molecule has 1 fully saturated rings. The molecule has 1 N–H and O–H groups in total. The van der Waals surface area contributed by atoms with Gasteiger partial charge in [0.25, 0.3) is 0 Å². The summed E-state index contributed by atoms with van der Waals surface area (Å²) in [4.78, 5) is 6.75. The SMILES string of the molecule is [Cl][Cu+].[S-]/C(=N\N=C\c1ccc(CN2CCOCC2)cn1)Nc1ccccc1. The van der Waals surface area contributed by atoms with Gasteiger partial charge in [-0.3, -0.25) is 9.88 Å². The van der Waals surface area contributed by atoms with Gasteiger partial charge in [-0.15, -0.1) is 0 Å². The van der Waals surface area contributed by atoms with E-state index in [1.54, 1.807) is 6.21 Å². The molecule has 0 amide bonds. The second-order valence-corrected chi connectivity index (χ2v) is 6.01. The topological polar surface area (TPSA) is 62.1 Å². The molecule has 1 aliphatic heterocycles. The van der Waals surface area contributed by atoms with Gasteiger partial charge in [-0.1, -0.05) is 24.3 Å². The molecule has 0 atom stereocenters. The number of hydrogen-bond acceptors (Lipinski definition) is 6. The van der Waals surface area contributed by atoms with Crippen LogP contribution < -0.4 is 5.32 Å². The van der Waals surface area contributed by atoms with Gasteiger partial charge in [0.05, 0.1) is 25.1 Å². The summed E-state index contributed by atoms with van der Waals surface area (Å²) in [5.41, 5.74) is 2.81. The third-order valence-corrected chi connectivity index (χ3v) is 3.90. The molecule has 0 unspecified atom stereocenters. The van der Waals surface area contributed by atoms with E-state index >= 15 is 0 Å². The second-order valence-electron chi connectivity index (χ2n) is 5.62. The predicted molar refractivity (Wildman–Crippen MR) is 109 cm³/mol. The van der Waals surface area contributed by atoms with Crippen molar-refractivity contribution in [3.8, 4) is 0 Å². The molecule has 0 saturated carbocycles. The van der Waals surface area contributed by atoms with Crippen LogP contribution in [0.3, 0.4) is 0 Å². The molecule has 0 radical (unpaired) electrons. The Hall–Kier alpha value is -1.54. The molecule has 1 aromatic carbocycles. The number of nitrogens with zero attached hydrogens (tertiary/aromatic N) is 4. The average molecular weight is 453 g/mol. The van der Waals surface area contributed by atoms with Crippen LogP contribution in [0, 0.1) is 0 Å². The van der Waals surface area contributed by atoms with Crippen molar-refractivity contribution in [1.82, 2.24) is 9.88 Å². The third kappa shape index (κ3) is 8.34. The van der Waals surface area contributed by atoms with Crippen molar-refractivity contribution in [3.63, 3.8) is 0 Å². The van der Waals surface area contributed by atoms with E-state index in [1.807, 2.05) is 42.6 Å². The zero-order valence-corrected chi connectivity index (χ0v) is 17.0. The standard InChI is InChI=1S/C18H21N5OS.ClH.Cu/c25-18(21-16-4-2-1-3-5-16)22-20-13-17-7-6-15(12-19-17)14-23-8-10-24-11-9-23;;/h1-7,12-13H,8-11,14H2,(H2,21,22,25);1H;/q;;+2/p-2/b20-13+;;. The fraction of sp³-hybridized carbons (Fsp3) is 0.278. The molecule has 1 aromatic heterocycles. The van der Waals surface area contributed by atoms with E-state index in [2.05, 4.69) is 56.7 Å². The van der Waals surface area contributed by atoms with Gasteiger partial charge < -0.3 is 22.7 Å². The van der Waals surface area contributed by atoms with Crippen LogP contribution in [0.25, 0.3) is 0 Å². The van der Waals surface area contributed by atoms with Crippen LogP contribution in [-0.2, 0) is 39.0 Å². The largest absolute Gasteiger partial charge is 0.741 e. The minimum absolute atomic E-state index is 0.311. The number of pyridine rings is 1. The van der Waals surface area contributed by atoms with Crippen molar-refractivity contribution in [2.45, 2.75) is 6.54 Å². The number of para-hydroxylation sites is 1. The molecular formula is C18H20ClCuN5OS.